The van der Waals surface area contributed by atoms with E-state index in [9.17, 15) is 9.59 Å². The summed E-state index contributed by atoms with van der Waals surface area (Å²) in [4.78, 5) is 21.6. The first-order valence-corrected chi connectivity index (χ1v) is 3.49. The lowest BCUT2D eigenvalue weighted by atomic mass is 10.1. The Morgan fingerprint density at radius 1 is 1.46 bits per heavy atom. The van der Waals surface area contributed by atoms with Gasteiger partial charge in [-0.1, -0.05) is 0 Å². The van der Waals surface area contributed by atoms with Gasteiger partial charge in [-0.3, -0.25) is 9.59 Å². The number of hydrogen-bond acceptors (Lipinski definition) is 6. The van der Waals surface area contributed by atoms with E-state index >= 15 is 0 Å². The van der Waals surface area contributed by atoms with E-state index in [2.05, 4.69) is 4.74 Å². The summed E-state index contributed by atoms with van der Waals surface area (Å²) in [7, 11) is 0. The van der Waals surface area contributed by atoms with E-state index in [1.807, 2.05) is 0 Å². The average Bonchev–Trinajstić information content (AvgIpc) is 2.23. The number of esters is 1. The molecule has 0 aromatic carbocycles. The minimum Gasteiger partial charge on any atom is -0.452 e. The van der Waals surface area contributed by atoms with Crippen LogP contribution in [0.15, 0.2) is 0 Å². The molecular weight excluding hydrogens is 180 g/mol. The Morgan fingerprint density at radius 2 is 2.08 bits per heavy atom. The molecule has 2 atom stereocenters. The number of Topliss-reactive ketones (excluding diaryl/α,β-unsaturated/α-hetero) is 1. The average molecular weight is 193 g/mol. The predicted octanol–water partition coefficient (Wildman–Crippen LogP) is -2.17. The van der Waals surface area contributed by atoms with Gasteiger partial charge in [0.25, 0.3) is 0 Å². The second kappa shape index (κ2) is 5.63. The maximum absolute atomic E-state index is 11.0. The van der Waals surface area contributed by atoms with Crippen molar-refractivity contribution in [2.75, 3.05) is 13.2 Å². The SMILES string of the molecule is [2H]CC(=O)O[C@H](CO)C(=O)[C@@H](O)CO. The second-order valence-corrected chi connectivity index (χ2v) is 2.26. The number of hydrogen-bond donors (Lipinski definition) is 3. The highest BCUT2D eigenvalue weighted by atomic mass is 16.6. The van der Waals surface area contributed by atoms with E-state index in [-0.39, 0.29) is 0 Å². The van der Waals surface area contributed by atoms with Crippen LogP contribution in [-0.4, -0.2) is 52.5 Å². The molecule has 0 rings (SSSR count). The fraction of sp³-hybridized carbons (Fsp3) is 0.714. The Labute approximate surface area is 76.2 Å². The van der Waals surface area contributed by atoms with Crippen LogP contribution in [-0.2, 0) is 14.3 Å². The number of aliphatic hydroxyl groups excluding tert-OH is 3. The Hall–Kier alpha value is -0.980. The maximum Gasteiger partial charge on any atom is 0.303 e. The summed E-state index contributed by atoms with van der Waals surface area (Å²) >= 11 is 0. The predicted molar refractivity (Wildman–Crippen MR) is 40.7 cm³/mol. The molecular formula is C7H12O6. The van der Waals surface area contributed by atoms with Gasteiger partial charge in [0.1, 0.15) is 6.10 Å². The third kappa shape index (κ3) is 3.97. The molecule has 0 heterocycles. The second-order valence-electron chi connectivity index (χ2n) is 2.26. The molecule has 13 heavy (non-hydrogen) atoms. The minimum atomic E-state index is -1.69. The molecule has 0 saturated heterocycles. The first kappa shape index (κ1) is 10.1. The van der Waals surface area contributed by atoms with Gasteiger partial charge in [0.15, 0.2) is 6.10 Å². The van der Waals surface area contributed by atoms with Crippen molar-refractivity contribution < 1.29 is 31.0 Å². The summed E-state index contributed by atoms with van der Waals surface area (Å²) in [6.07, 6.45) is -3.21. The molecule has 0 spiro atoms. The van der Waals surface area contributed by atoms with Gasteiger partial charge in [-0.2, -0.15) is 0 Å². The smallest absolute Gasteiger partial charge is 0.303 e. The third-order valence-corrected chi connectivity index (χ3v) is 1.26. The molecule has 0 aromatic heterocycles. The summed E-state index contributed by atoms with van der Waals surface area (Å²) in [5.41, 5.74) is 0. The molecule has 0 amide bonds. The van der Waals surface area contributed by atoms with Crippen molar-refractivity contribution in [3.8, 4) is 0 Å². The zero-order valence-electron chi connectivity index (χ0n) is 7.84. The molecule has 0 aromatic rings. The number of rotatable bonds is 5. The van der Waals surface area contributed by atoms with Crippen molar-refractivity contribution in [2.45, 2.75) is 19.1 Å². The van der Waals surface area contributed by atoms with Crippen LogP contribution >= 0.6 is 0 Å². The van der Waals surface area contributed by atoms with Crippen LogP contribution in [0.25, 0.3) is 0 Å². The summed E-state index contributed by atoms with van der Waals surface area (Å²) in [5.74, 6) is -1.97. The van der Waals surface area contributed by atoms with Crippen LogP contribution in [0.1, 0.15) is 8.27 Å². The quantitative estimate of drug-likeness (QED) is 0.429. The summed E-state index contributed by atoms with van der Waals surface area (Å²) in [6, 6.07) is 0. The van der Waals surface area contributed by atoms with E-state index in [1.165, 1.54) is 0 Å². The summed E-state index contributed by atoms with van der Waals surface area (Å²) in [6.45, 7) is -2.28. The molecule has 3 N–H and O–H groups in total. The van der Waals surface area contributed by atoms with Crippen molar-refractivity contribution in [2.24, 2.45) is 0 Å². The summed E-state index contributed by atoms with van der Waals surface area (Å²) < 4.78 is 10.9. The number of carbonyl (C=O) groups excluding carboxylic acids is 2. The Bertz CT molecular complexity index is 206. The standard InChI is InChI=1S/C7H12O6/c1-4(10)13-6(3-9)7(12)5(11)2-8/h5-6,8-9,11H,2-3H2,1H3/t5-,6+/m0/s1/i1D. The van der Waals surface area contributed by atoms with E-state index in [4.69, 9.17) is 16.7 Å². The van der Waals surface area contributed by atoms with Crippen LogP contribution in [0.4, 0.5) is 0 Å². The molecule has 0 unspecified atom stereocenters. The molecule has 76 valence electrons. The number of carbonyl (C=O) groups is 2. The highest BCUT2D eigenvalue weighted by Crippen LogP contribution is 1.98. The van der Waals surface area contributed by atoms with Crippen LogP contribution in [0.2, 0.25) is 0 Å². The minimum absolute atomic E-state index is 0.682. The van der Waals surface area contributed by atoms with Crippen molar-refractivity contribution in [3.63, 3.8) is 0 Å². The highest BCUT2D eigenvalue weighted by molar-refractivity contribution is 5.89. The maximum atomic E-state index is 11.0. The van der Waals surface area contributed by atoms with Crippen LogP contribution in [0.5, 0.6) is 0 Å². The number of ketones is 1. The third-order valence-electron chi connectivity index (χ3n) is 1.26. The molecule has 0 aliphatic rings. The molecule has 0 aliphatic carbocycles. The summed E-state index contributed by atoms with van der Waals surface area (Å²) in [5, 5.41) is 25.9. The topological polar surface area (TPSA) is 104 Å². The fourth-order valence-electron chi connectivity index (χ4n) is 0.649. The van der Waals surface area contributed by atoms with Crippen LogP contribution < -0.4 is 0 Å². The monoisotopic (exact) mass is 193 g/mol. The molecule has 0 fully saturated rings. The van der Waals surface area contributed by atoms with Crippen LogP contribution in [0, 0.1) is 0 Å². The molecule has 0 saturated carbocycles. The van der Waals surface area contributed by atoms with Crippen molar-refractivity contribution in [1.82, 2.24) is 0 Å². The van der Waals surface area contributed by atoms with Gasteiger partial charge in [-0.05, 0) is 0 Å². The van der Waals surface area contributed by atoms with E-state index in [0.29, 0.717) is 0 Å². The first-order valence-electron chi connectivity index (χ1n) is 4.19. The molecule has 0 radical (unpaired) electrons. The molecule has 0 bridgehead atoms. The fourth-order valence-corrected chi connectivity index (χ4v) is 0.649. The Morgan fingerprint density at radius 3 is 2.46 bits per heavy atom. The van der Waals surface area contributed by atoms with Crippen molar-refractivity contribution in [1.29, 1.82) is 0 Å². The van der Waals surface area contributed by atoms with Gasteiger partial charge in [-0.15, -0.1) is 0 Å². The van der Waals surface area contributed by atoms with E-state index in [1.54, 1.807) is 0 Å². The number of ether oxygens (including phenoxy) is 1. The van der Waals surface area contributed by atoms with Crippen LogP contribution in [0.3, 0.4) is 0 Å². The lowest BCUT2D eigenvalue weighted by molar-refractivity contribution is -0.159. The lowest BCUT2D eigenvalue weighted by Crippen LogP contribution is -2.39. The zero-order chi connectivity index (χ0) is 11.1. The highest BCUT2D eigenvalue weighted by Gasteiger charge is 2.26. The molecule has 6 nitrogen and oxygen atoms in total. The van der Waals surface area contributed by atoms with E-state index in [0.717, 1.165) is 0 Å². The zero-order valence-corrected chi connectivity index (χ0v) is 6.84. The van der Waals surface area contributed by atoms with Gasteiger partial charge in [-0.25, -0.2) is 0 Å². The van der Waals surface area contributed by atoms with Gasteiger partial charge < -0.3 is 20.1 Å². The Kier molecular flexibility index (Phi) is 4.37. The van der Waals surface area contributed by atoms with E-state index < -0.39 is 44.1 Å². The van der Waals surface area contributed by atoms with Gasteiger partial charge in [0, 0.05) is 8.27 Å². The van der Waals surface area contributed by atoms with Crippen molar-refractivity contribution >= 4 is 11.8 Å². The van der Waals surface area contributed by atoms with Gasteiger partial charge in [0.05, 0.1) is 13.2 Å². The Balaban J connectivity index is 4.26. The molecule has 0 aliphatic heterocycles. The largest absolute Gasteiger partial charge is 0.452 e. The van der Waals surface area contributed by atoms with Gasteiger partial charge in [0.2, 0.25) is 5.78 Å². The first-order chi connectivity index (χ1) is 6.56. The normalized spacial score (nSPS) is 15.8. The van der Waals surface area contributed by atoms with Gasteiger partial charge >= 0.3 is 5.97 Å². The molecule has 6 heteroatoms. The lowest BCUT2D eigenvalue weighted by Gasteiger charge is -2.15. The number of aliphatic hydroxyl groups is 3. The van der Waals surface area contributed by atoms with Crippen molar-refractivity contribution in [3.05, 3.63) is 0 Å².